The van der Waals surface area contributed by atoms with Gasteiger partial charge in [-0.1, -0.05) is 6.07 Å². The van der Waals surface area contributed by atoms with Crippen molar-refractivity contribution >= 4 is 38.1 Å². The number of H-pyrrole nitrogens is 1. The monoisotopic (exact) mass is 438 g/mol. The number of ether oxygens (including phenoxy) is 2. The molecule has 2 heterocycles. The van der Waals surface area contributed by atoms with Crippen molar-refractivity contribution in [1.29, 1.82) is 0 Å². The van der Waals surface area contributed by atoms with Gasteiger partial charge >= 0.3 is 0 Å². The molecular formula is C22H22N4O4S. The molecule has 0 bridgehead atoms. The summed E-state index contributed by atoms with van der Waals surface area (Å²) >= 11 is 0. The summed E-state index contributed by atoms with van der Waals surface area (Å²) in [6.45, 7) is 0. The molecule has 0 saturated carbocycles. The second-order valence-corrected chi connectivity index (χ2v) is 8.73. The zero-order valence-corrected chi connectivity index (χ0v) is 18.1. The number of nitrogens with one attached hydrogen (secondary N) is 3. The summed E-state index contributed by atoms with van der Waals surface area (Å²) in [5, 5.41) is 4.16. The Morgan fingerprint density at radius 3 is 2.32 bits per heavy atom. The Kier molecular flexibility index (Phi) is 5.43. The van der Waals surface area contributed by atoms with Gasteiger partial charge in [0.05, 0.1) is 31.7 Å². The van der Waals surface area contributed by atoms with Gasteiger partial charge in [0.1, 0.15) is 17.3 Å². The maximum atomic E-state index is 11.5. The summed E-state index contributed by atoms with van der Waals surface area (Å²) in [6, 6.07) is 16.6. The molecule has 4 rings (SSSR count). The number of hydrogen-bond acceptors (Lipinski definition) is 6. The lowest BCUT2D eigenvalue weighted by Gasteiger charge is -2.09. The smallest absolute Gasteiger partial charge is 0.229 e. The molecule has 4 aromatic rings. The number of benzene rings is 2. The Labute approximate surface area is 180 Å². The maximum Gasteiger partial charge on any atom is 0.229 e. The molecule has 0 aliphatic carbocycles. The third-order valence-corrected chi connectivity index (χ3v) is 5.25. The molecule has 0 aliphatic rings. The van der Waals surface area contributed by atoms with Crippen molar-refractivity contribution < 1.29 is 17.9 Å². The summed E-state index contributed by atoms with van der Waals surface area (Å²) in [5.74, 6) is 2.03. The minimum absolute atomic E-state index is 0.470. The van der Waals surface area contributed by atoms with Gasteiger partial charge in [-0.15, -0.1) is 0 Å². The molecule has 0 atom stereocenters. The quantitative estimate of drug-likeness (QED) is 0.396. The van der Waals surface area contributed by atoms with E-state index in [1.54, 1.807) is 38.6 Å². The molecule has 0 saturated heterocycles. The summed E-state index contributed by atoms with van der Waals surface area (Å²) in [5.41, 5.74) is 3.88. The van der Waals surface area contributed by atoms with E-state index >= 15 is 0 Å². The molecule has 0 fully saturated rings. The highest BCUT2D eigenvalue weighted by Crippen LogP contribution is 2.33. The van der Waals surface area contributed by atoms with Gasteiger partial charge in [0.15, 0.2) is 0 Å². The Balaban J connectivity index is 1.70. The fourth-order valence-electron chi connectivity index (χ4n) is 3.28. The van der Waals surface area contributed by atoms with E-state index in [0.717, 1.165) is 28.4 Å². The van der Waals surface area contributed by atoms with Gasteiger partial charge in [-0.05, 0) is 42.5 Å². The van der Waals surface area contributed by atoms with Crippen molar-refractivity contribution in [3.63, 3.8) is 0 Å². The summed E-state index contributed by atoms with van der Waals surface area (Å²) in [6.07, 6.45) is 2.82. The van der Waals surface area contributed by atoms with Gasteiger partial charge in [0, 0.05) is 34.6 Å². The van der Waals surface area contributed by atoms with Crippen LogP contribution in [0.3, 0.4) is 0 Å². The van der Waals surface area contributed by atoms with Gasteiger partial charge in [0.2, 0.25) is 10.0 Å². The molecule has 9 heteroatoms. The lowest BCUT2D eigenvalue weighted by molar-refractivity contribution is 0.394. The Morgan fingerprint density at radius 2 is 1.65 bits per heavy atom. The molecule has 0 aliphatic heterocycles. The third-order valence-electron chi connectivity index (χ3n) is 4.64. The number of sulfonamides is 1. The van der Waals surface area contributed by atoms with E-state index in [-0.39, 0.29) is 0 Å². The molecule has 0 spiro atoms. The van der Waals surface area contributed by atoms with E-state index in [4.69, 9.17) is 9.47 Å². The van der Waals surface area contributed by atoms with Crippen LogP contribution in [0.2, 0.25) is 0 Å². The van der Waals surface area contributed by atoms with Crippen molar-refractivity contribution in [2.24, 2.45) is 0 Å². The van der Waals surface area contributed by atoms with E-state index < -0.39 is 10.0 Å². The zero-order valence-electron chi connectivity index (χ0n) is 17.3. The van der Waals surface area contributed by atoms with Crippen LogP contribution in [0.25, 0.3) is 22.2 Å². The predicted octanol–water partition coefficient (Wildman–Crippen LogP) is 4.36. The first-order valence-corrected chi connectivity index (χ1v) is 11.3. The second kappa shape index (κ2) is 8.19. The van der Waals surface area contributed by atoms with Crippen LogP contribution >= 0.6 is 0 Å². The molecule has 0 amide bonds. The molecule has 160 valence electrons. The van der Waals surface area contributed by atoms with Crippen LogP contribution in [0.1, 0.15) is 0 Å². The molecule has 31 heavy (non-hydrogen) atoms. The largest absolute Gasteiger partial charge is 0.497 e. The Hall–Kier alpha value is -3.72. The number of aromatic nitrogens is 2. The number of fused-ring (bicyclic) bond motifs is 1. The van der Waals surface area contributed by atoms with Crippen molar-refractivity contribution in [2.75, 3.05) is 30.5 Å². The first-order chi connectivity index (χ1) is 14.8. The number of methoxy groups -OCH3 is 2. The van der Waals surface area contributed by atoms with Gasteiger partial charge in [0.25, 0.3) is 0 Å². The lowest BCUT2D eigenvalue weighted by Crippen LogP contribution is -2.09. The molecule has 8 nitrogen and oxygen atoms in total. The topological polar surface area (TPSA) is 105 Å². The van der Waals surface area contributed by atoms with Gasteiger partial charge < -0.3 is 19.8 Å². The van der Waals surface area contributed by atoms with Crippen molar-refractivity contribution in [1.82, 2.24) is 9.97 Å². The first-order valence-electron chi connectivity index (χ1n) is 9.41. The highest BCUT2D eigenvalue weighted by molar-refractivity contribution is 7.92. The Morgan fingerprint density at radius 1 is 0.935 bits per heavy atom. The van der Waals surface area contributed by atoms with Gasteiger partial charge in [-0.25, -0.2) is 13.4 Å². The number of nitrogens with zero attached hydrogens (tertiary/aromatic N) is 1. The van der Waals surface area contributed by atoms with Crippen LogP contribution in [-0.2, 0) is 10.0 Å². The third kappa shape index (κ3) is 4.72. The van der Waals surface area contributed by atoms with Crippen LogP contribution in [0, 0.1) is 0 Å². The van der Waals surface area contributed by atoms with E-state index in [9.17, 15) is 8.42 Å². The normalized spacial score (nSPS) is 11.3. The highest BCUT2D eigenvalue weighted by Gasteiger charge is 2.11. The molecular weight excluding hydrogens is 416 g/mol. The van der Waals surface area contributed by atoms with E-state index in [0.29, 0.717) is 28.7 Å². The van der Waals surface area contributed by atoms with Crippen molar-refractivity contribution in [3.05, 3.63) is 60.8 Å². The van der Waals surface area contributed by atoms with E-state index in [2.05, 4.69) is 20.0 Å². The fourth-order valence-corrected chi connectivity index (χ4v) is 3.84. The maximum absolute atomic E-state index is 11.5. The van der Waals surface area contributed by atoms with E-state index in [1.165, 1.54) is 0 Å². The van der Waals surface area contributed by atoms with E-state index in [1.807, 2.05) is 36.4 Å². The van der Waals surface area contributed by atoms with Crippen LogP contribution in [0.5, 0.6) is 11.5 Å². The number of anilines is 3. The molecule has 0 radical (unpaired) electrons. The fraction of sp³-hybridized carbons (Fsp3) is 0.136. The van der Waals surface area contributed by atoms with Crippen molar-refractivity contribution in [3.8, 4) is 22.8 Å². The van der Waals surface area contributed by atoms with Gasteiger partial charge in [-0.3, -0.25) is 4.72 Å². The summed E-state index contributed by atoms with van der Waals surface area (Å²) in [7, 11) is -0.132. The molecule has 2 aromatic heterocycles. The Bertz CT molecular complexity index is 1330. The van der Waals surface area contributed by atoms with Crippen LogP contribution in [0.15, 0.2) is 60.8 Å². The number of hydrogen-bond donors (Lipinski definition) is 3. The minimum Gasteiger partial charge on any atom is -0.497 e. The molecule has 2 aromatic carbocycles. The molecule has 3 N–H and O–H groups in total. The number of pyridine rings is 1. The van der Waals surface area contributed by atoms with Crippen LogP contribution in [-0.4, -0.2) is 38.9 Å². The average Bonchev–Trinajstić information content (AvgIpc) is 3.18. The zero-order chi connectivity index (χ0) is 22.0. The SMILES string of the molecule is COc1cc(OC)cc(-c2cc3c(Nc4cccc(NS(C)(=O)=O)c4)nccc3[nH]2)c1. The van der Waals surface area contributed by atoms with Crippen molar-refractivity contribution in [2.45, 2.75) is 0 Å². The second-order valence-electron chi connectivity index (χ2n) is 6.99. The first kappa shape index (κ1) is 20.5. The average molecular weight is 439 g/mol. The number of aromatic amines is 1. The number of rotatable bonds is 7. The van der Waals surface area contributed by atoms with Crippen LogP contribution < -0.4 is 19.5 Å². The summed E-state index contributed by atoms with van der Waals surface area (Å²) < 4.78 is 36.2. The predicted molar refractivity (Wildman–Crippen MR) is 123 cm³/mol. The highest BCUT2D eigenvalue weighted by atomic mass is 32.2. The minimum atomic E-state index is -3.36. The lowest BCUT2D eigenvalue weighted by atomic mass is 10.1. The van der Waals surface area contributed by atoms with Gasteiger partial charge in [-0.2, -0.15) is 0 Å². The van der Waals surface area contributed by atoms with Crippen LogP contribution in [0.4, 0.5) is 17.2 Å². The molecule has 0 unspecified atom stereocenters. The standard InChI is InChI=1S/C22H22N4O4S/c1-29-17-9-14(10-18(12-17)30-2)21-13-19-20(25-21)7-8-23-22(19)24-15-5-4-6-16(11-15)26-31(3,27)28/h4-13,25-26H,1-3H3,(H,23,24). The summed E-state index contributed by atoms with van der Waals surface area (Å²) in [4.78, 5) is 7.86.